The molecule has 102 valence electrons. The topological polar surface area (TPSA) is 81.4 Å². The first-order chi connectivity index (χ1) is 8.42. The Morgan fingerprint density at radius 3 is 2.67 bits per heavy atom. The number of halogens is 1. The van der Waals surface area contributed by atoms with Gasteiger partial charge in [-0.1, -0.05) is 11.6 Å². The normalized spacial score (nSPS) is 11.6. The lowest BCUT2D eigenvalue weighted by Gasteiger charge is -2.11. The van der Waals surface area contributed by atoms with Crippen LogP contribution in [0.2, 0.25) is 5.02 Å². The van der Waals surface area contributed by atoms with Gasteiger partial charge < -0.3 is 10.5 Å². The van der Waals surface area contributed by atoms with E-state index >= 15 is 0 Å². The molecule has 0 saturated heterocycles. The molecule has 5 nitrogen and oxygen atoms in total. The van der Waals surface area contributed by atoms with Gasteiger partial charge in [0.15, 0.2) is 0 Å². The van der Waals surface area contributed by atoms with Crippen LogP contribution >= 0.6 is 11.6 Å². The molecular weight excluding hydrogens is 276 g/mol. The number of nitrogens with two attached hydrogens (primary N) is 1. The zero-order chi connectivity index (χ0) is 13.8. The van der Waals surface area contributed by atoms with Crippen LogP contribution in [0.25, 0.3) is 0 Å². The minimum absolute atomic E-state index is 0.158. The summed E-state index contributed by atoms with van der Waals surface area (Å²) in [7, 11) is -2.08. The van der Waals surface area contributed by atoms with E-state index in [2.05, 4.69) is 4.72 Å². The Morgan fingerprint density at radius 2 is 2.11 bits per heavy atom. The van der Waals surface area contributed by atoms with E-state index < -0.39 is 10.0 Å². The van der Waals surface area contributed by atoms with Gasteiger partial charge in [-0.15, -0.1) is 0 Å². The van der Waals surface area contributed by atoms with Crippen molar-refractivity contribution in [2.24, 2.45) is 5.73 Å². The highest BCUT2D eigenvalue weighted by Crippen LogP contribution is 2.29. The lowest BCUT2D eigenvalue weighted by molar-refractivity contribution is 0.414. The third-order valence-electron chi connectivity index (χ3n) is 2.41. The Morgan fingerprint density at radius 1 is 1.44 bits per heavy atom. The van der Waals surface area contributed by atoms with Gasteiger partial charge in [-0.3, -0.25) is 0 Å². The molecule has 0 amide bonds. The summed E-state index contributed by atoms with van der Waals surface area (Å²) in [5, 5.41) is 0.266. The summed E-state index contributed by atoms with van der Waals surface area (Å²) in [6.07, 6.45) is 0.585. The largest absolute Gasteiger partial charge is 0.495 e. The van der Waals surface area contributed by atoms with Crippen molar-refractivity contribution >= 4 is 21.6 Å². The van der Waals surface area contributed by atoms with Crippen molar-refractivity contribution in [3.8, 4) is 5.75 Å². The molecule has 0 unspecified atom stereocenters. The standard InChI is InChI=1S/C11H17ClN2O3S/c1-8-6-10(17-2)9(12)7-11(8)18(15,16)14-5-3-4-13/h6-7,14H,3-5,13H2,1-2H3. The zero-order valence-corrected chi connectivity index (χ0v) is 11.9. The number of ether oxygens (including phenoxy) is 1. The number of hydrogen-bond donors (Lipinski definition) is 2. The fourth-order valence-electron chi connectivity index (χ4n) is 1.47. The van der Waals surface area contributed by atoms with Crippen molar-refractivity contribution in [3.63, 3.8) is 0 Å². The first-order valence-electron chi connectivity index (χ1n) is 5.46. The molecule has 0 aliphatic rings. The fourth-order valence-corrected chi connectivity index (χ4v) is 3.10. The van der Waals surface area contributed by atoms with Crippen LogP contribution in [0.4, 0.5) is 0 Å². The third-order valence-corrected chi connectivity index (χ3v) is 4.31. The third kappa shape index (κ3) is 3.58. The summed E-state index contributed by atoms with van der Waals surface area (Å²) in [5.74, 6) is 0.454. The zero-order valence-electron chi connectivity index (χ0n) is 10.4. The molecule has 1 rings (SSSR count). The summed E-state index contributed by atoms with van der Waals surface area (Å²) in [6.45, 7) is 2.43. The lowest BCUT2D eigenvalue weighted by atomic mass is 10.2. The van der Waals surface area contributed by atoms with Gasteiger partial charge >= 0.3 is 0 Å². The van der Waals surface area contributed by atoms with Crippen molar-refractivity contribution in [1.29, 1.82) is 0 Å². The maximum Gasteiger partial charge on any atom is 0.240 e. The molecule has 0 aromatic heterocycles. The van der Waals surface area contributed by atoms with E-state index in [4.69, 9.17) is 22.1 Å². The second-order valence-electron chi connectivity index (χ2n) is 3.79. The van der Waals surface area contributed by atoms with Gasteiger partial charge in [-0.25, -0.2) is 13.1 Å². The van der Waals surface area contributed by atoms with Crippen LogP contribution < -0.4 is 15.2 Å². The monoisotopic (exact) mass is 292 g/mol. The van der Waals surface area contributed by atoms with E-state index in [0.717, 1.165) is 0 Å². The van der Waals surface area contributed by atoms with Crippen LogP contribution in [0.3, 0.4) is 0 Å². The van der Waals surface area contributed by atoms with Crippen LogP contribution in [0.15, 0.2) is 17.0 Å². The fraction of sp³-hybridized carbons (Fsp3) is 0.455. The van der Waals surface area contributed by atoms with Crippen LogP contribution in [-0.4, -0.2) is 28.6 Å². The average Bonchev–Trinajstić information content (AvgIpc) is 2.31. The molecule has 0 atom stereocenters. The van der Waals surface area contributed by atoms with Gasteiger partial charge in [-0.2, -0.15) is 0 Å². The van der Waals surface area contributed by atoms with Gasteiger partial charge in [-0.05, 0) is 37.6 Å². The number of aryl methyl sites for hydroxylation is 1. The molecule has 0 fully saturated rings. The predicted octanol–water partition coefficient (Wildman–Crippen LogP) is 1.28. The number of methoxy groups -OCH3 is 1. The lowest BCUT2D eigenvalue weighted by Crippen LogP contribution is -2.26. The second-order valence-corrected chi connectivity index (χ2v) is 5.93. The number of hydrogen-bond acceptors (Lipinski definition) is 4. The molecule has 0 saturated carbocycles. The van der Waals surface area contributed by atoms with Crippen LogP contribution in [0.5, 0.6) is 5.75 Å². The molecule has 3 N–H and O–H groups in total. The van der Waals surface area contributed by atoms with Crippen molar-refractivity contribution in [2.75, 3.05) is 20.2 Å². The Bertz CT molecular complexity index is 517. The Kier molecular flexibility index (Phi) is 5.40. The van der Waals surface area contributed by atoms with Crippen molar-refractivity contribution in [2.45, 2.75) is 18.2 Å². The molecule has 0 bridgehead atoms. The summed E-state index contributed by atoms with van der Waals surface area (Å²) >= 11 is 5.93. The maximum atomic E-state index is 12.0. The highest BCUT2D eigenvalue weighted by atomic mass is 35.5. The Labute approximate surface area is 112 Å². The first-order valence-corrected chi connectivity index (χ1v) is 7.32. The minimum atomic E-state index is -3.56. The molecule has 18 heavy (non-hydrogen) atoms. The van der Waals surface area contributed by atoms with Crippen molar-refractivity contribution in [3.05, 3.63) is 22.7 Å². The van der Waals surface area contributed by atoms with Crippen LogP contribution in [-0.2, 0) is 10.0 Å². The molecule has 0 spiro atoms. The SMILES string of the molecule is COc1cc(C)c(S(=O)(=O)NCCCN)cc1Cl. The second kappa shape index (κ2) is 6.38. The highest BCUT2D eigenvalue weighted by Gasteiger charge is 2.18. The quantitative estimate of drug-likeness (QED) is 0.774. The number of sulfonamides is 1. The molecule has 0 aliphatic heterocycles. The number of benzene rings is 1. The van der Waals surface area contributed by atoms with Gasteiger partial charge in [0.1, 0.15) is 5.75 Å². The van der Waals surface area contributed by atoms with Gasteiger partial charge in [0.2, 0.25) is 10.0 Å². The summed E-state index contributed by atoms with van der Waals surface area (Å²) < 4.78 is 31.6. The molecule has 1 aromatic carbocycles. The van der Waals surface area contributed by atoms with Crippen LogP contribution in [0, 0.1) is 6.92 Å². The smallest absolute Gasteiger partial charge is 0.240 e. The number of rotatable bonds is 6. The van der Waals surface area contributed by atoms with E-state index in [1.54, 1.807) is 13.0 Å². The van der Waals surface area contributed by atoms with Crippen molar-refractivity contribution < 1.29 is 13.2 Å². The molecular formula is C11H17ClN2O3S. The van der Waals surface area contributed by atoms with E-state index in [1.165, 1.54) is 13.2 Å². The molecule has 0 aliphatic carbocycles. The first kappa shape index (κ1) is 15.2. The summed E-state index contributed by atoms with van der Waals surface area (Å²) in [4.78, 5) is 0.158. The minimum Gasteiger partial charge on any atom is -0.495 e. The van der Waals surface area contributed by atoms with E-state index in [9.17, 15) is 8.42 Å². The van der Waals surface area contributed by atoms with Gasteiger partial charge in [0.25, 0.3) is 0 Å². The highest BCUT2D eigenvalue weighted by molar-refractivity contribution is 7.89. The summed E-state index contributed by atoms with van der Waals surface area (Å²) in [5.41, 5.74) is 5.90. The average molecular weight is 293 g/mol. The maximum absolute atomic E-state index is 12.0. The predicted molar refractivity (Wildman–Crippen MR) is 71.6 cm³/mol. The van der Waals surface area contributed by atoms with Gasteiger partial charge in [0, 0.05) is 6.54 Å². The summed E-state index contributed by atoms with van der Waals surface area (Å²) in [6, 6.07) is 2.99. The van der Waals surface area contributed by atoms with Crippen molar-refractivity contribution in [1.82, 2.24) is 4.72 Å². The molecule has 7 heteroatoms. The van der Waals surface area contributed by atoms with E-state index in [0.29, 0.717) is 30.8 Å². The molecule has 1 aromatic rings. The van der Waals surface area contributed by atoms with Crippen LogP contribution in [0.1, 0.15) is 12.0 Å². The van der Waals surface area contributed by atoms with E-state index in [1.807, 2.05) is 0 Å². The Balaban J connectivity index is 3.05. The van der Waals surface area contributed by atoms with E-state index in [-0.39, 0.29) is 9.92 Å². The van der Waals surface area contributed by atoms with Gasteiger partial charge in [0.05, 0.1) is 17.0 Å². The molecule has 0 radical (unpaired) electrons. The Hall–Kier alpha value is -0.820. The number of nitrogens with one attached hydrogen (secondary N) is 1. The molecule has 0 heterocycles.